The molecule has 1 heteroatoms. The molecule has 0 amide bonds. The minimum Gasteiger partial charge on any atom is -0.382 e. The highest BCUT2D eigenvalue weighted by Gasteiger charge is 2.43. The Morgan fingerprint density at radius 3 is 3.14 bits per heavy atom. The van der Waals surface area contributed by atoms with E-state index in [0.717, 1.165) is 0 Å². The summed E-state index contributed by atoms with van der Waals surface area (Å²) in [7, 11) is 0. The standard InChI is InChI=1S/C13H19N/c1-13-9-5-4-7-11(13)10-6-2-3-8-12(10)14-13/h4,7,11,14H,2-3,5-6,8-9H2,1H3. The quantitative estimate of drug-likeness (QED) is 0.577. The van der Waals surface area contributed by atoms with Crippen LogP contribution in [0.1, 0.15) is 45.4 Å². The van der Waals surface area contributed by atoms with Gasteiger partial charge in [0.1, 0.15) is 0 Å². The van der Waals surface area contributed by atoms with Crippen LogP contribution < -0.4 is 5.32 Å². The van der Waals surface area contributed by atoms with E-state index in [4.69, 9.17) is 0 Å². The van der Waals surface area contributed by atoms with Gasteiger partial charge in [-0.25, -0.2) is 0 Å². The van der Waals surface area contributed by atoms with Gasteiger partial charge in [0.05, 0.1) is 0 Å². The number of rotatable bonds is 0. The highest BCUT2D eigenvalue weighted by molar-refractivity contribution is 5.35. The van der Waals surface area contributed by atoms with Crippen molar-refractivity contribution in [3.63, 3.8) is 0 Å². The van der Waals surface area contributed by atoms with Crippen LogP contribution in [-0.4, -0.2) is 5.54 Å². The topological polar surface area (TPSA) is 12.0 Å². The second kappa shape index (κ2) is 2.88. The number of hydrogen-bond donors (Lipinski definition) is 1. The summed E-state index contributed by atoms with van der Waals surface area (Å²) >= 11 is 0. The van der Waals surface area contributed by atoms with E-state index in [9.17, 15) is 0 Å². The van der Waals surface area contributed by atoms with E-state index in [0.29, 0.717) is 11.5 Å². The molecule has 1 nitrogen and oxygen atoms in total. The Bertz CT molecular complexity index is 313. The Morgan fingerprint density at radius 2 is 2.21 bits per heavy atom. The first-order chi connectivity index (χ1) is 6.80. The van der Waals surface area contributed by atoms with E-state index in [1.54, 1.807) is 11.3 Å². The fourth-order valence-corrected chi connectivity index (χ4v) is 3.38. The predicted octanol–water partition coefficient (Wildman–Crippen LogP) is 3.14. The Labute approximate surface area is 86.3 Å². The van der Waals surface area contributed by atoms with Gasteiger partial charge in [-0.05, 0) is 51.0 Å². The smallest absolute Gasteiger partial charge is 0.0446 e. The summed E-state index contributed by atoms with van der Waals surface area (Å²) in [6.45, 7) is 2.40. The molecule has 0 fully saturated rings. The summed E-state index contributed by atoms with van der Waals surface area (Å²) in [6, 6.07) is 0. The summed E-state index contributed by atoms with van der Waals surface area (Å²) < 4.78 is 0. The monoisotopic (exact) mass is 189 g/mol. The number of allylic oxidation sites excluding steroid dienone is 2. The summed E-state index contributed by atoms with van der Waals surface area (Å²) in [5.74, 6) is 0.714. The van der Waals surface area contributed by atoms with Crippen LogP contribution in [-0.2, 0) is 0 Å². The molecule has 2 aliphatic carbocycles. The molecular weight excluding hydrogens is 170 g/mol. The normalized spacial score (nSPS) is 40.5. The van der Waals surface area contributed by atoms with Crippen LogP contribution in [0.2, 0.25) is 0 Å². The maximum atomic E-state index is 3.80. The molecule has 3 rings (SSSR count). The van der Waals surface area contributed by atoms with E-state index in [2.05, 4.69) is 24.4 Å². The first-order valence-corrected chi connectivity index (χ1v) is 5.96. The zero-order valence-electron chi connectivity index (χ0n) is 8.97. The summed E-state index contributed by atoms with van der Waals surface area (Å²) in [5, 5.41) is 3.80. The number of nitrogens with one attached hydrogen (secondary N) is 1. The van der Waals surface area contributed by atoms with Crippen molar-refractivity contribution in [3.8, 4) is 0 Å². The second-order valence-corrected chi connectivity index (χ2v) is 5.20. The summed E-state index contributed by atoms with van der Waals surface area (Å²) in [4.78, 5) is 0. The number of fused-ring (bicyclic) bond motifs is 2. The Kier molecular flexibility index (Phi) is 1.77. The van der Waals surface area contributed by atoms with Crippen LogP contribution in [0.5, 0.6) is 0 Å². The van der Waals surface area contributed by atoms with Gasteiger partial charge in [-0.2, -0.15) is 0 Å². The van der Waals surface area contributed by atoms with Crippen molar-refractivity contribution in [3.05, 3.63) is 23.4 Å². The molecule has 0 spiro atoms. The van der Waals surface area contributed by atoms with Gasteiger partial charge in [-0.15, -0.1) is 0 Å². The third-order valence-corrected chi connectivity index (χ3v) is 4.17. The van der Waals surface area contributed by atoms with Gasteiger partial charge >= 0.3 is 0 Å². The lowest BCUT2D eigenvalue weighted by Gasteiger charge is -2.34. The van der Waals surface area contributed by atoms with Crippen molar-refractivity contribution in [1.29, 1.82) is 0 Å². The van der Waals surface area contributed by atoms with Gasteiger partial charge in [-0.1, -0.05) is 12.2 Å². The molecule has 1 heterocycles. The molecular formula is C13H19N. The van der Waals surface area contributed by atoms with Gasteiger partial charge in [-0.3, -0.25) is 0 Å². The summed E-state index contributed by atoms with van der Waals surface area (Å²) in [5.41, 5.74) is 3.69. The number of hydrogen-bond acceptors (Lipinski definition) is 1. The first kappa shape index (κ1) is 8.58. The van der Waals surface area contributed by atoms with Crippen molar-refractivity contribution >= 4 is 0 Å². The molecule has 0 aromatic rings. The second-order valence-electron chi connectivity index (χ2n) is 5.20. The van der Waals surface area contributed by atoms with E-state index in [1.165, 1.54) is 38.5 Å². The molecule has 0 saturated carbocycles. The molecule has 1 N–H and O–H groups in total. The fraction of sp³-hybridized carbons (Fsp3) is 0.692. The third kappa shape index (κ3) is 1.08. The zero-order valence-corrected chi connectivity index (χ0v) is 8.97. The third-order valence-electron chi connectivity index (χ3n) is 4.17. The van der Waals surface area contributed by atoms with Crippen LogP contribution >= 0.6 is 0 Å². The summed E-state index contributed by atoms with van der Waals surface area (Å²) in [6.07, 6.45) is 12.8. The van der Waals surface area contributed by atoms with Crippen molar-refractivity contribution in [2.45, 2.75) is 51.0 Å². The SMILES string of the molecule is CC12CCC=CC1C1=C(CCCC1)N2. The van der Waals surface area contributed by atoms with E-state index in [1.807, 2.05) is 0 Å². The van der Waals surface area contributed by atoms with E-state index < -0.39 is 0 Å². The Morgan fingerprint density at radius 1 is 1.36 bits per heavy atom. The highest BCUT2D eigenvalue weighted by atomic mass is 15.0. The maximum absolute atomic E-state index is 3.80. The van der Waals surface area contributed by atoms with Crippen molar-refractivity contribution in [2.75, 3.05) is 0 Å². The molecule has 0 saturated heterocycles. The zero-order chi connectivity index (χ0) is 9.60. The van der Waals surface area contributed by atoms with Crippen LogP contribution in [0.3, 0.4) is 0 Å². The van der Waals surface area contributed by atoms with E-state index in [-0.39, 0.29) is 0 Å². The van der Waals surface area contributed by atoms with Gasteiger partial charge in [0.15, 0.2) is 0 Å². The molecule has 76 valence electrons. The lowest BCUT2D eigenvalue weighted by atomic mass is 9.75. The van der Waals surface area contributed by atoms with Crippen molar-refractivity contribution in [2.24, 2.45) is 5.92 Å². The highest BCUT2D eigenvalue weighted by Crippen LogP contribution is 2.45. The van der Waals surface area contributed by atoms with Gasteiger partial charge in [0, 0.05) is 17.2 Å². The minimum absolute atomic E-state index is 0.365. The lowest BCUT2D eigenvalue weighted by Crippen LogP contribution is -2.43. The van der Waals surface area contributed by atoms with Gasteiger partial charge in [0.2, 0.25) is 0 Å². The minimum atomic E-state index is 0.365. The lowest BCUT2D eigenvalue weighted by molar-refractivity contribution is 0.319. The largest absolute Gasteiger partial charge is 0.382 e. The van der Waals surface area contributed by atoms with Crippen LogP contribution in [0.4, 0.5) is 0 Å². The Balaban J connectivity index is 1.98. The molecule has 0 radical (unpaired) electrons. The molecule has 2 atom stereocenters. The molecule has 0 bridgehead atoms. The molecule has 14 heavy (non-hydrogen) atoms. The fourth-order valence-electron chi connectivity index (χ4n) is 3.38. The molecule has 0 aromatic carbocycles. The van der Waals surface area contributed by atoms with Crippen molar-refractivity contribution in [1.82, 2.24) is 5.32 Å². The maximum Gasteiger partial charge on any atom is 0.0446 e. The van der Waals surface area contributed by atoms with Gasteiger partial charge < -0.3 is 5.32 Å². The van der Waals surface area contributed by atoms with Crippen LogP contribution in [0, 0.1) is 5.92 Å². The van der Waals surface area contributed by atoms with Gasteiger partial charge in [0.25, 0.3) is 0 Å². The predicted molar refractivity (Wildman–Crippen MR) is 58.9 cm³/mol. The molecule has 3 aliphatic rings. The molecule has 2 unspecified atom stereocenters. The van der Waals surface area contributed by atoms with Crippen LogP contribution in [0.25, 0.3) is 0 Å². The van der Waals surface area contributed by atoms with E-state index >= 15 is 0 Å². The first-order valence-electron chi connectivity index (χ1n) is 5.96. The average molecular weight is 189 g/mol. The average Bonchev–Trinajstić information content (AvgIpc) is 2.49. The van der Waals surface area contributed by atoms with Crippen LogP contribution in [0.15, 0.2) is 23.4 Å². The molecule has 1 aliphatic heterocycles. The van der Waals surface area contributed by atoms with Crippen molar-refractivity contribution < 1.29 is 0 Å². The Hall–Kier alpha value is -0.720. The molecule has 0 aromatic heterocycles.